The fourth-order valence-corrected chi connectivity index (χ4v) is 3.81. The quantitative estimate of drug-likeness (QED) is 0.280. The van der Waals surface area contributed by atoms with Crippen molar-refractivity contribution in [3.05, 3.63) is 79.3 Å². The van der Waals surface area contributed by atoms with Crippen LogP contribution in [0.3, 0.4) is 0 Å². The lowest BCUT2D eigenvalue weighted by Crippen LogP contribution is -2.14. The van der Waals surface area contributed by atoms with Gasteiger partial charge in [-0.15, -0.1) is 0 Å². The number of nitrogens with one attached hydrogen (secondary N) is 1. The van der Waals surface area contributed by atoms with Crippen LogP contribution in [-0.2, 0) is 11.2 Å². The monoisotopic (exact) mass is 566 g/mol. The standard InChI is InChI=1S/C21H13BrClIN2O2/c22-17-7-5-14(24)10-16(17)21-26-18-11-15(6-8-19(18)28-21)25-20(27)9-12-1-3-13(23)4-2-12/h1-8,10-11H,9H2,(H,25,27). The van der Waals surface area contributed by atoms with E-state index < -0.39 is 0 Å². The molecule has 0 saturated heterocycles. The smallest absolute Gasteiger partial charge is 0.228 e. The largest absolute Gasteiger partial charge is 0.436 e. The average molecular weight is 568 g/mol. The average Bonchev–Trinajstić information content (AvgIpc) is 3.08. The van der Waals surface area contributed by atoms with E-state index in [1.807, 2.05) is 42.5 Å². The van der Waals surface area contributed by atoms with Gasteiger partial charge in [0.05, 0.1) is 12.0 Å². The molecule has 0 saturated carbocycles. The Hall–Kier alpha value is -1.90. The van der Waals surface area contributed by atoms with Crippen LogP contribution < -0.4 is 5.32 Å². The van der Waals surface area contributed by atoms with Crippen molar-refractivity contribution in [3.63, 3.8) is 0 Å². The van der Waals surface area contributed by atoms with E-state index in [1.165, 1.54) is 0 Å². The molecule has 0 bridgehead atoms. The van der Waals surface area contributed by atoms with Gasteiger partial charge in [0, 0.05) is 18.8 Å². The number of amides is 1. The number of hydrogen-bond acceptors (Lipinski definition) is 3. The zero-order valence-electron chi connectivity index (χ0n) is 14.4. The third kappa shape index (κ3) is 4.39. The van der Waals surface area contributed by atoms with Crippen molar-refractivity contribution in [1.29, 1.82) is 0 Å². The van der Waals surface area contributed by atoms with Crippen molar-refractivity contribution in [3.8, 4) is 11.5 Å². The van der Waals surface area contributed by atoms with Crippen LogP contribution in [0.5, 0.6) is 0 Å². The Labute approximate surface area is 188 Å². The number of aromatic nitrogens is 1. The van der Waals surface area contributed by atoms with Crippen LogP contribution in [0, 0.1) is 3.57 Å². The SMILES string of the molecule is O=C(Cc1ccc(Cl)cc1)Nc1ccc2oc(-c3cc(I)ccc3Br)nc2c1. The van der Waals surface area contributed by atoms with Crippen molar-refractivity contribution >= 4 is 72.8 Å². The molecule has 0 aliphatic heterocycles. The molecule has 140 valence electrons. The number of rotatable bonds is 4. The van der Waals surface area contributed by atoms with E-state index in [1.54, 1.807) is 18.2 Å². The first-order valence-corrected chi connectivity index (χ1v) is 10.6. The van der Waals surface area contributed by atoms with E-state index in [9.17, 15) is 4.79 Å². The summed E-state index contributed by atoms with van der Waals surface area (Å²) in [6, 6.07) is 18.6. The third-order valence-electron chi connectivity index (χ3n) is 4.11. The summed E-state index contributed by atoms with van der Waals surface area (Å²) in [4.78, 5) is 16.9. The molecule has 1 N–H and O–H groups in total. The predicted octanol–water partition coefficient (Wildman–Crippen LogP) is 6.70. The highest BCUT2D eigenvalue weighted by molar-refractivity contribution is 14.1. The van der Waals surface area contributed by atoms with E-state index in [4.69, 9.17) is 16.0 Å². The van der Waals surface area contributed by atoms with Gasteiger partial charge in [0.15, 0.2) is 5.58 Å². The number of carbonyl (C=O) groups excluding carboxylic acids is 1. The van der Waals surface area contributed by atoms with Gasteiger partial charge in [-0.2, -0.15) is 0 Å². The molecule has 4 nitrogen and oxygen atoms in total. The van der Waals surface area contributed by atoms with Crippen LogP contribution in [0.15, 0.2) is 69.6 Å². The zero-order valence-corrected chi connectivity index (χ0v) is 18.9. The molecule has 1 heterocycles. The molecule has 4 rings (SSSR count). The number of nitrogens with zero attached hydrogens (tertiary/aromatic N) is 1. The molecule has 1 aromatic heterocycles. The minimum Gasteiger partial charge on any atom is -0.436 e. The Balaban J connectivity index is 1.55. The molecule has 0 fully saturated rings. The van der Waals surface area contributed by atoms with Gasteiger partial charge in [-0.25, -0.2) is 4.98 Å². The summed E-state index contributed by atoms with van der Waals surface area (Å²) in [5.41, 5.74) is 3.81. The van der Waals surface area contributed by atoms with Gasteiger partial charge in [-0.05, 0) is 92.6 Å². The van der Waals surface area contributed by atoms with Crippen LogP contribution in [0.1, 0.15) is 5.56 Å². The molecule has 0 aliphatic carbocycles. The van der Waals surface area contributed by atoms with Gasteiger partial charge in [0.25, 0.3) is 0 Å². The maximum Gasteiger partial charge on any atom is 0.228 e. The van der Waals surface area contributed by atoms with Crippen molar-refractivity contribution in [1.82, 2.24) is 4.98 Å². The van der Waals surface area contributed by atoms with Gasteiger partial charge in [-0.1, -0.05) is 23.7 Å². The lowest BCUT2D eigenvalue weighted by Gasteiger charge is -2.05. The summed E-state index contributed by atoms with van der Waals surface area (Å²) in [5.74, 6) is 0.427. The summed E-state index contributed by atoms with van der Waals surface area (Å²) in [6.07, 6.45) is 0.272. The molecule has 0 spiro atoms. The number of halogens is 3. The van der Waals surface area contributed by atoms with Gasteiger partial charge in [0.1, 0.15) is 5.52 Å². The number of benzene rings is 3. The highest BCUT2D eigenvalue weighted by Crippen LogP contribution is 2.32. The lowest BCUT2D eigenvalue weighted by molar-refractivity contribution is -0.115. The van der Waals surface area contributed by atoms with E-state index >= 15 is 0 Å². The fourth-order valence-electron chi connectivity index (χ4n) is 2.77. The maximum absolute atomic E-state index is 12.3. The van der Waals surface area contributed by atoms with E-state index in [-0.39, 0.29) is 12.3 Å². The zero-order chi connectivity index (χ0) is 19.7. The lowest BCUT2D eigenvalue weighted by atomic mass is 10.1. The molecular weight excluding hydrogens is 555 g/mol. The Morgan fingerprint density at radius 3 is 2.68 bits per heavy atom. The Morgan fingerprint density at radius 1 is 1.11 bits per heavy atom. The second-order valence-electron chi connectivity index (χ2n) is 6.18. The van der Waals surface area contributed by atoms with Gasteiger partial charge >= 0.3 is 0 Å². The van der Waals surface area contributed by atoms with Crippen molar-refractivity contribution in [2.24, 2.45) is 0 Å². The van der Waals surface area contributed by atoms with Gasteiger partial charge in [-0.3, -0.25) is 4.79 Å². The molecule has 7 heteroatoms. The van der Waals surface area contributed by atoms with E-state index in [0.29, 0.717) is 27.7 Å². The number of hydrogen-bond donors (Lipinski definition) is 1. The molecule has 0 unspecified atom stereocenters. The molecule has 0 atom stereocenters. The van der Waals surface area contributed by atoms with Crippen molar-refractivity contribution in [2.45, 2.75) is 6.42 Å². The van der Waals surface area contributed by atoms with Crippen molar-refractivity contribution in [2.75, 3.05) is 5.32 Å². The summed E-state index contributed by atoms with van der Waals surface area (Å²) < 4.78 is 7.89. The van der Waals surface area contributed by atoms with Crippen LogP contribution in [0.25, 0.3) is 22.6 Å². The number of anilines is 1. The van der Waals surface area contributed by atoms with E-state index in [2.05, 4.69) is 48.8 Å². The fraction of sp³-hybridized carbons (Fsp3) is 0.0476. The third-order valence-corrected chi connectivity index (χ3v) is 5.72. The Bertz CT molecular complexity index is 1170. The molecular formula is C21H13BrClIN2O2. The second-order valence-corrected chi connectivity index (χ2v) is 8.71. The van der Waals surface area contributed by atoms with Crippen molar-refractivity contribution < 1.29 is 9.21 Å². The maximum atomic E-state index is 12.3. The number of carbonyl (C=O) groups is 1. The van der Waals surface area contributed by atoms with Crippen LogP contribution in [0.4, 0.5) is 5.69 Å². The predicted molar refractivity (Wildman–Crippen MR) is 124 cm³/mol. The normalized spacial score (nSPS) is 11.0. The second kappa shape index (κ2) is 8.23. The first kappa shape index (κ1) is 19.4. The van der Waals surface area contributed by atoms with Crippen LogP contribution in [0.2, 0.25) is 5.02 Å². The van der Waals surface area contributed by atoms with E-state index in [0.717, 1.165) is 19.2 Å². The summed E-state index contributed by atoms with van der Waals surface area (Å²) >= 11 is 11.7. The first-order chi connectivity index (χ1) is 13.5. The minimum atomic E-state index is -0.106. The van der Waals surface area contributed by atoms with Crippen LogP contribution >= 0.6 is 50.1 Å². The molecule has 1 amide bonds. The molecule has 0 radical (unpaired) electrons. The molecule has 0 aliphatic rings. The molecule has 28 heavy (non-hydrogen) atoms. The van der Waals surface area contributed by atoms with Gasteiger partial charge < -0.3 is 9.73 Å². The molecule has 3 aromatic carbocycles. The number of oxazole rings is 1. The summed E-state index contributed by atoms with van der Waals surface area (Å²) in [7, 11) is 0. The van der Waals surface area contributed by atoms with Crippen LogP contribution in [-0.4, -0.2) is 10.9 Å². The molecule has 4 aromatic rings. The van der Waals surface area contributed by atoms with Gasteiger partial charge in [0.2, 0.25) is 11.8 Å². The topological polar surface area (TPSA) is 55.1 Å². The Kier molecular flexibility index (Phi) is 5.70. The number of fused-ring (bicyclic) bond motifs is 1. The summed E-state index contributed by atoms with van der Waals surface area (Å²) in [5, 5.41) is 3.55. The minimum absolute atomic E-state index is 0.106. The Morgan fingerprint density at radius 2 is 1.89 bits per heavy atom. The highest BCUT2D eigenvalue weighted by atomic mass is 127. The highest BCUT2D eigenvalue weighted by Gasteiger charge is 2.13. The summed E-state index contributed by atoms with van der Waals surface area (Å²) in [6.45, 7) is 0. The first-order valence-electron chi connectivity index (χ1n) is 8.38.